The lowest BCUT2D eigenvalue weighted by Gasteiger charge is -2.18. The van der Waals surface area contributed by atoms with Gasteiger partial charge in [0.2, 0.25) is 5.91 Å². The summed E-state index contributed by atoms with van der Waals surface area (Å²) in [5.41, 5.74) is 2.47. The van der Waals surface area contributed by atoms with E-state index in [4.69, 9.17) is 0 Å². The van der Waals surface area contributed by atoms with E-state index in [9.17, 15) is 4.79 Å². The number of hydrogen-bond donors (Lipinski definition) is 1. The Balaban J connectivity index is 1.41. The number of thioether (sulfide) groups is 1. The number of carbonyl (C=O) groups excluding carboxylic acids is 1. The lowest BCUT2D eigenvalue weighted by Crippen LogP contribution is -2.32. The highest BCUT2D eigenvalue weighted by Crippen LogP contribution is 2.25. The maximum atomic E-state index is 12.1. The lowest BCUT2D eigenvalue weighted by atomic mass is 10.1. The molecule has 0 spiro atoms. The zero-order valence-electron chi connectivity index (χ0n) is 14.4. The van der Waals surface area contributed by atoms with Crippen LogP contribution in [0.1, 0.15) is 12.0 Å². The molecule has 1 amide bonds. The van der Waals surface area contributed by atoms with Gasteiger partial charge >= 0.3 is 0 Å². The van der Waals surface area contributed by atoms with Gasteiger partial charge in [0.05, 0.1) is 5.75 Å². The highest BCUT2D eigenvalue weighted by molar-refractivity contribution is 9.10. The Morgan fingerprint density at radius 2 is 2.08 bits per heavy atom. The Labute approximate surface area is 162 Å². The summed E-state index contributed by atoms with van der Waals surface area (Å²) in [6, 6.07) is 16.7. The van der Waals surface area contributed by atoms with E-state index in [-0.39, 0.29) is 5.91 Å². The number of carbonyl (C=O) groups is 1. The van der Waals surface area contributed by atoms with Crippen molar-refractivity contribution in [3.05, 3.63) is 58.6 Å². The molecular formula is C20H23BrN2OS. The molecule has 132 valence electrons. The number of amides is 1. The van der Waals surface area contributed by atoms with Crippen molar-refractivity contribution < 1.29 is 4.79 Å². The van der Waals surface area contributed by atoms with E-state index in [1.165, 1.54) is 11.3 Å². The maximum Gasteiger partial charge on any atom is 0.230 e. The van der Waals surface area contributed by atoms with Crippen LogP contribution in [0.2, 0.25) is 0 Å². The molecule has 2 aromatic carbocycles. The van der Waals surface area contributed by atoms with Crippen molar-refractivity contribution in [2.45, 2.75) is 18.2 Å². The Hall–Kier alpha value is -1.46. The predicted octanol–water partition coefficient (Wildman–Crippen LogP) is 4.49. The highest BCUT2D eigenvalue weighted by atomic mass is 79.9. The van der Waals surface area contributed by atoms with Crippen LogP contribution in [0.15, 0.2) is 57.9 Å². The van der Waals surface area contributed by atoms with Crippen molar-refractivity contribution in [3.8, 4) is 0 Å². The van der Waals surface area contributed by atoms with Crippen molar-refractivity contribution in [1.82, 2.24) is 5.32 Å². The molecule has 25 heavy (non-hydrogen) atoms. The fourth-order valence-electron chi connectivity index (χ4n) is 3.10. The van der Waals surface area contributed by atoms with Crippen LogP contribution in [0.5, 0.6) is 0 Å². The number of anilines is 1. The minimum Gasteiger partial charge on any atom is -0.371 e. The first kappa shape index (κ1) is 18.3. The average molecular weight is 419 g/mol. The van der Waals surface area contributed by atoms with Gasteiger partial charge in [0.1, 0.15) is 0 Å². The van der Waals surface area contributed by atoms with Gasteiger partial charge in [-0.1, -0.05) is 34.1 Å². The van der Waals surface area contributed by atoms with Gasteiger partial charge in [0, 0.05) is 34.7 Å². The molecule has 0 bridgehead atoms. The highest BCUT2D eigenvalue weighted by Gasteiger charge is 2.22. The van der Waals surface area contributed by atoms with Crippen LogP contribution >= 0.6 is 27.7 Å². The summed E-state index contributed by atoms with van der Waals surface area (Å²) in [4.78, 5) is 15.7. The Kier molecular flexibility index (Phi) is 6.43. The van der Waals surface area contributed by atoms with Gasteiger partial charge in [-0.15, -0.1) is 11.8 Å². The summed E-state index contributed by atoms with van der Waals surface area (Å²) >= 11 is 5.07. The van der Waals surface area contributed by atoms with Crippen LogP contribution in [0.3, 0.4) is 0 Å². The summed E-state index contributed by atoms with van der Waals surface area (Å²) < 4.78 is 1.07. The van der Waals surface area contributed by atoms with E-state index in [0.717, 1.165) is 35.4 Å². The van der Waals surface area contributed by atoms with E-state index in [0.29, 0.717) is 11.7 Å². The summed E-state index contributed by atoms with van der Waals surface area (Å²) in [5, 5.41) is 3.10. The fraction of sp³-hybridized carbons (Fsp3) is 0.350. The molecule has 3 nitrogen and oxygen atoms in total. The molecule has 1 fully saturated rings. The second kappa shape index (κ2) is 8.77. The van der Waals surface area contributed by atoms with Crippen LogP contribution in [-0.4, -0.2) is 31.3 Å². The quantitative estimate of drug-likeness (QED) is 0.701. The number of rotatable bonds is 6. The smallest absolute Gasteiger partial charge is 0.230 e. The van der Waals surface area contributed by atoms with E-state index < -0.39 is 0 Å². The second-order valence-electron chi connectivity index (χ2n) is 6.44. The first-order valence-corrected chi connectivity index (χ1v) is 10.4. The summed E-state index contributed by atoms with van der Waals surface area (Å²) in [5.74, 6) is 1.12. The first-order chi connectivity index (χ1) is 12.1. The molecule has 1 unspecified atom stereocenters. The summed E-state index contributed by atoms with van der Waals surface area (Å²) in [6.45, 7) is 4.92. The van der Waals surface area contributed by atoms with Gasteiger partial charge in [-0.05, 0) is 55.2 Å². The van der Waals surface area contributed by atoms with E-state index >= 15 is 0 Å². The molecule has 0 aromatic heterocycles. The fourth-order valence-corrected chi connectivity index (χ4v) is 4.41. The zero-order chi connectivity index (χ0) is 17.6. The summed E-state index contributed by atoms with van der Waals surface area (Å²) in [6.07, 6.45) is 1.13. The van der Waals surface area contributed by atoms with Crippen molar-refractivity contribution in [2.75, 3.05) is 30.3 Å². The topological polar surface area (TPSA) is 32.3 Å². The molecule has 1 aliphatic heterocycles. The van der Waals surface area contributed by atoms with E-state index in [1.807, 2.05) is 12.1 Å². The van der Waals surface area contributed by atoms with Gasteiger partial charge < -0.3 is 10.2 Å². The minimum atomic E-state index is 0.116. The standard InChI is InChI=1S/C20H23BrN2OS/c1-15-11-17(21)7-8-19(15)25-14-20(24)22-12-16-9-10-23(13-16)18-5-3-2-4-6-18/h2-8,11,16H,9-10,12-14H2,1H3,(H,22,24). The van der Waals surface area contributed by atoms with Crippen LogP contribution in [0.25, 0.3) is 0 Å². The molecule has 0 saturated carbocycles. The SMILES string of the molecule is Cc1cc(Br)ccc1SCC(=O)NCC1CCN(c2ccccc2)C1. The van der Waals surface area contributed by atoms with Crippen molar-refractivity contribution in [2.24, 2.45) is 5.92 Å². The predicted molar refractivity (Wildman–Crippen MR) is 109 cm³/mol. The third-order valence-electron chi connectivity index (χ3n) is 4.49. The molecule has 1 aliphatic rings. The number of benzene rings is 2. The molecule has 2 aromatic rings. The number of nitrogens with zero attached hydrogens (tertiary/aromatic N) is 1. The third-order valence-corrected chi connectivity index (χ3v) is 6.16. The van der Waals surface area contributed by atoms with E-state index in [2.05, 4.69) is 69.5 Å². The van der Waals surface area contributed by atoms with Gasteiger partial charge in [0.25, 0.3) is 0 Å². The number of halogens is 1. The lowest BCUT2D eigenvalue weighted by molar-refractivity contribution is -0.118. The van der Waals surface area contributed by atoms with Gasteiger partial charge in [-0.2, -0.15) is 0 Å². The molecule has 1 saturated heterocycles. The molecule has 3 rings (SSSR count). The van der Waals surface area contributed by atoms with Gasteiger partial charge in [-0.25, -0.2) is 0 Å². The Morgan fingerprint density at radius 1 is 1.28 bits per heavy atom. The number of nitrogens with one attached hydrogen (secondary N) is 1. The van der Waals surface area contributed by atoms with E-state index in [1.54, 1.807) is 11.8 Å². The van der Waals surface area contributed by atoms with Crippen molar-refractivity contribution in [3.63, 3.8) is 0 Å². The average Bonchev–Trinajstić information content (AvgIpc) is 3.09. The van der Waals surface area contributed by atoms with Gasteiger partial charge in [-0.3, -0.25) is 4.79 Å². The Morgan fingerprint density at radius 3 is 2.84 bits per heavy atom. The zero-order valence-corrected chi connectivity index (χ0v) is 16.8. The second-order valence-corrected chi connectivity index (χ2v) is 8.37. The summed E-state index contributed by atoms with van der Waals surface area (Å²) in [7, 11) is 0. The molecule has 0 radical (unpaired) electrons. The first-order valence-electron chi connectivity index (χ1n) is 8.57. The number of aryl methyl sites for hydroxylation is 1. The minimum absolute atomic E-state index is 0.116. The molecule has 1 heterocycles. The number of para-hydroxylation sites is 1. The molecule has 1 N–H and O–H groups in total. The normalized spacial score (nSPS) is 16.9. The number of hydrogen-bond acceptors (Lipinski definition) is 3. The van der Waals surface area contributed by atoms with Crippen LogP contribution < -0.4 is 10.2 Å². The van der Waals surface area contributed by atoms with Crippen LogP contribution in [0.4, 0.5) is 5.69 Å². The van der Waals surface area contributed by atoms with Crippen LogP contribution in [-0.2, 0) is 4.79 Å². The third kappa shape index (κ3) is 5.25. The van der Waals surface area contributed by atoms with Crippen LogP contribution in [0, 0.1) is 12.8 Å². The molecule has 0 aliphatic carbocycles. The monoisotopic (exact) mass is 418 g/mol. The van der Waals surface area contributed by atoms with Crippen molar-refractivity contribution in [1.29, 1.82) is 0 Å². The largest absolute Gasteiger partial charge is 0.371 e. The maximum absolute atomic E-state index is 12.1. The Bertz CT molecular complexity index is 723. The molecule has 5 heteroatoms. The molecular weight excluding hydrogens is 396 g/mol. The molecule has 1 atom stereocenters. The van der Waals surface area contributed by atoms with Crippen molar-refractivity contribution >= 4 is 39.3 Å². The van der Waals surface area contributed by atoms with Gasteiger partial charge in [0.15, 0.2) is 0 Å².